The third kappa shape index (κ3) is 4.76. The minimum Gasteiger partial charge on any atom is -0.399 e. The van der Waals surface area contributed by atoms with Gasteiger partial charge in [0.2, 0.25) is 0 Å². The minimum atomic E-state index is 0.621. The number of nitrogen functional groups attached to an aromatic ring is 1. The zero-order valence-corrected chi connectivity index (χ0v) is 11.5. The summed E-state index contributed by atoms with van der Waals surface area (Å²) >= 11 is 0. The van der Waals surface area contributed by atoms with Crippen LogP contribution in [0.2, 0.25) is 0 Å². The Labute approximate surface area is 115 Å². The van der Waals surface area contributed by atoms with Gasteiger partial charge in [0.05, 0.1) is 12.6 Å². The van der Waals surface area contributed by atoms with Crippen molar-refractivity contribution in [2.45, 2.75) is 25.8 Å². The predicted molar refractivity (Wildman–Crippen MR) is 81.0 cm³/mol. The molecular weight excluding hydrogens is 232 g/mol. The van der Waals surface area contributed by atoms with E-state index in [0.717, 1.165) is 25.1 Å². The monoisotopic (exact) mass is 255 g/mol. The summed E-state index contributed by atoms with van der Waals surface area (Å²) in [6.07, 6.45) is 2.22. The van der Waals surface area contributed by atoms with Crippen LogP contribution in [0.5, 0.6) is 0 Å². The molecule has 0 unspecified atom stereocenters. The van der Waals surface area contributed by atoms with Gasteiger partial charge in [0, 0.05) is 18.5 Å². The second-order valence-electron chi connectivity index (χ2n) is 5.18. The van der Waals surface area contributed by atoms with Crippen molar-refractivity contribution < 1.29 is 5.32 Å². The SMILES string of the molecule is C[C@H](Cc1ccccc1)[NH2+]CCc1ccc(N)cc1. The lowest BCUT2D eigenvalue weighted by molar-refractivity contribution is -0.685. The number of anilines is 1. The van der Waals surface area contributed by atoms with Crippen molar-refractivity contribution in [1.82, 2.24) is 0 Å². The fourth-order valence-electron chi connectivity index (χ4n) is 2.29. The molecule has 0 bridgehead atoms. The number of benzene rings is 2. The van der Waals surface area contributed by atoms with E-state index in [-0.39, 0.29) is 0 Å². The molecule has 0 heterocycles. The lowest BCUT2D eigenvalue weighted by Gasteiger charge is -2.11. The van der Waals surface area contributed by atoms with E-state index in [1.165, 1.54) is 11.1 Å². The highest BCUT2D eigenvalue weighted by Crippen LogP contribution is 2.05. The summed E-state index contributed by atoms with van der Waals surface area (Å²) in [6.45, 7) is 3.41. The molecule has 0 amide bonds. The first-order valence-electron chi connectivity index (χ1n) is 6.96. The molecule has 0 spiro atoms. The Hall–Kier alpha value is -1.80. The van der Waals surface area contributed by atoms with Crippen LogP contribution in [0.15, 0.2) is 54.6 Å². The summed E-state index contributed by atoms with van der Waals surface area (Å²) in [6, 6.07) is 19.5. The Kier molecular flexibility index (Phi) is 4.99. The van der Waals surface area contributed by atoms with Gasteiger partial charge in [-0.3, -0.25) is 0 Å². The summed E-state index contributed by atoms with van der Waals surface area (Å²) < 4.78 is 0. The molecular formula is C17H23N2+. The van der Waals surface area contributed by atoms with E-state index in [2.05, 4.69) is 54.7 Å². The summed E-state index contributed by atoms with van der Waals surface area (Å²) in [4.78, 5) is 0. The standard InChI is InChI=1S/C17H22N2/c1-14(13-16-5-3-2-4-6-16)19-12-11-15-7-9-17(18)10-8-15/h2-10,14,19H,11-13,18H2,1H3/p+1/t14-/m1/s1. The van der Waals surface area contributed by atoms with Gasteiger partial charge in [-0.1, -0.05) is 42.5 Å². The Morgan fingerprint density at radius 2 is 1.63 bits per heavy atom. The average molecular weight is 255 g/mol. The maximum atomic E-state index is 5.68. The summed E-state index contributed by atoms with van der Waals surface area (Å²) in [5.74, 6) is 0. The van der Waals surface area contributed by atoms with Crippen LogP contribution in [0.3, 0.4) is 0 Å². The third-order valence-electron chi connectivity index (χ3n) is 3.38. The summed E-state index contributed by atoms with van der Waals surface area (Å²) in [5, 5.41) is 2.42. The fraction of sp³-hybridized carbons (Fsp3) is 0.294. The largest absolute Gasteiger partial charge is 0.399 e. The molecule has 0 aliphatic heterocycles. The van der Waals surface area contributed by atoms with Crippen molar-refractivity contribution in [2.75, 3.05) is 12.3 Å². The first-order valence-corrected chi connectivity index (χ1v) is 6.96. The number of hydrogen-bond acceptors (Lipinski definition) is 1. The molecule has 2 aromatic rings. The molecule has 0 aliphatic carbocycles. The number of rotatable bonds is 6. The van der Waals surface area contributed by atoms with E-state index in [9.17, 15) is 0 Å². The van der Waals surface area contributed by atoms with Crippen molar-refractivity contribution >= 4 is 5.69 Å². The van der Waals surface area contributed by atoms with Crippen molar-refractivity contribution in [3.05, 3.63) is 65.7 Å². The van der Waals surface area contributed by atoms with Gasteiger partial charge < -0.3 is 11.1 Å². The molecule has 19 heavy (non-hydrogen) atoms. The molecule has 0 aromatic heterocycles. The molecule has 2 heteroatoms. The van der Waals surface area contributed by atoms with Crippen LogP contribution in [0.4, 0.5) is 5.69 Å². The van der Waals surface area contributed by atoms with E-state index < -0.39 is 0 Å². The minimum absolute atomic E-state index is 0.621. The van der Waals surface area contributed by atoms with E-state index in [0.29, 0.717) is 6.04 Å². The maximum Gasteiger partial charge on any atom is 0.0871 e. The van der Waals surface area contributed by atoms with Crippen molar-refractivity contribution in [1.29, 1.82) is 0 Å². The van der Waals surface area contributed by atoms with E-state index in [4.69, 9.17) is 5.73 Å². The Balaban J connectivity index is 1.72. The summed E-state index contributed by atoms with van der Waals surface area (Å²) in [5.41, 5.74) is 9.29. The first-order chi connectivity index (χ1) is 9.24. The zero-order valence-electron chi connectivity index (χ0n) is 11.5. The van der Waals surface area contributed by atoms with Gasteiger partial charge in [-0.25, -0.2) is 0 Å². The van der Waals surface area contributed by atoms with Crippen LogP contribution in [0.1, 0.15) is 18.1 Å². The molecule has 1 atom stereocenters. The van der Waals surface area contributed by atoms with Gasteiger partial charge in [-0.2, -0.15) is 0 Å². The highest BCUT2D eigenvalue weighted by atomic mass is 14.9. The average Bonchev–Trinajstić information content (AvgIpc) is 2.42. The molecule has 0 saturated carbocycles. The van der Waals surface area contributed by atoms with Crippen LogP contribution in [-0.2, 0) is 12.8 Å². The van der Waals surface area contributed by atoms with Gasteiger partial charge in [-0.05, 0) is 30.2 Å². The van der Waals surface area contributed by atoms with Crippen molar-refractivity contribution in [3.63, 3.8) is 0 Å². The molecule has 2 rings (SSSR count). The van der Waals surface area contributed by atoms with Gasteiger partial charge in [0.15, 0.2) is 0 Å². The molecule has 0 radical (unpaired) electrons. The fourth-order valence-corrected chi connectivity index (χ4v) is 2.29. The third-order valence-corrected chi connectivity index (χ3v) is 3.38. The predicted octanol–water partition coefficient (Wildman–Crippen LogP) is 2.01. The van der Waals surface area contributed by atoms with E-state index >= 15 is 0 Å². The van der Waals surface area contributed by atoms with Crippen LogP contribution in [-0.4, -0.2) is 12.6 Å². The van der Waals surface area contributed by atoms with E-state index in [1.807, 2.05) is 12.1 Å². The normalized spacial score (nSPS) is 12.3. The Morgan fingerprint density at radius 3 is 2.32 bits per heavy atom. The van der Waals surface area contributed by atoms with Gasteiger partial charge in [0.1, 0.15) is 0 Å². The molecule has 2 nitrogen and oxygen atoms in total. The molecule has 0 aliphatic rings. The van der Waals surface area contributed by atoms with Crippen LogP contribution in [0, 0.1) is 0 Å². The van der Waals surface area contributed by atoms with Crippen molar-refractivity contribution in [3.8, 4) is 0 Å². The molecule has 4 N–H and O–H groups in total. The number of nitrogens with two attached hydrogens (primary N) is 2. The zero-order chi connectivity index (χ0) is 13.5. The van der Waals surface area contributed by atoms with E-state index in [1.54, 1.807) is 0 Å². The first kappa shape index (κ1) is 13.6. The lowest BCUT2D eigenvalue weighted by atomic mass is 10.1. The highest BCUT2D eigenvalue weighted by molar-refractivity contribution is 5.39. The summed E-state index contributed by atoms with van der Waals surface area (Å²) in [7, 11) is 0. The number of hydrogen-bond donors (Lipinski definition) is 2. The quantitative estimate of drug-likeness (QED) is 0.762. The van der Waals surface area contributed by atoms with Gasteiger partial charge in [0.25, 0.3) is 0 Å². The van der Waals surface area contributed by atoms with Crippen molar-refractivity contribution in [2.24, 2.45) is 0 Å². The molecule has 0 fully saturated rings. The van der Waals surface area contributed by atoms with Gasteiger partial charge in [-0.15, -0.1) is 0 Å². The second kappa shape index (κ2) is 6.95. The molecule has 100 valence electrons. The topological polar surface area (TPSA) is 42.6 Å². The van der Waals surface area contributed by atoms with Crippen LogP contribution in [0.25, 0.3) is 0 Å². The Bertz CT molecular complexity index is 476. The smallest absolute Gasteiger partial charge is 0.0871 e. The van der Waals surface area contributed by atoms with Crippen LogP contribution >= 0.6 is 0 Å². The van der Waals surface area contributed by atoms with Gasteiger partial charge >= 0.3 is 0 Å². The molecule has 0 saturated heterocycles. The second-order valence-corrected chi connectivity index (χ2v) is 5.18. The highest BCUT2D eigenvalue weighted by Gasteiger charge is 2.05. The Morgan fingerprint density at radius 1 is 0.947 bits per heavy atom. The lowest BCUT2D eigenvalue weighted by Crippen LogP contribution is -2.90. The molecule has 2 aromatic carbocycles. The maximum absolute atomic E-state index is 5.68. The number of quaternary nitrogens is 1. The van der Waals surface area contributed by atoms with Crippen LogP contribution < -0.4 is 11.1 Å².